The van der Waals surface area contributed by atoms with Crippen LogP contribution in [0.3, 0.4) is 0 Å². The monoisotopic (exact) mass is 368 g/mol. The Labute approximate surface area is 156 Å². The summed E-state index contributed by atoms with van der Waals surface area (Å²) in [6.07, 6.45) is 3.44. The van der Waals surface area contributed by atoms with E-state index in [-0.39, 0.29) is 5.91 Å². The van der Waals surface area contributed by atoms with Crippen molar-refractivity contribution in [2.45, 2.75) is 26.7 Å². The van der Waals surface area contributed by atoms with E-state index in [1.54, 1.807) is 25.5 Å². The second-order valence-corrected chi connectivity index (χ2v) is 6.88. The minimum absolute atomic E-state index is 0.0753. The lowest BCUT2D eigenvalue weighted by molar-refractivity contribution is -0.116. The maximum atomic E-state index is 11.7. The molecule has 0 aromatic carbocycles. The van der Waals surface area contributed by atoms with E-state index in [1.165, 1.54) is 28.9 Å². The van der Waals surface area contributed by atoms with Gasteiger partial charge < -0.3 is 10.2 Å². The number of carbonyl (C=O) groups excluding carboxylic acids is 1. The fourth-order valence-corrected chi connectivity index (χ4v) is 2.92. The van der Waals surface area contributed by atoms with E-state index >= 15 is 0 Å². The number of hydrogen-bond donors (Lipinski definition) is 1. The molecule has 0 spiro atoms. The van der Waals surface area contributed by atoms with Crippen molar-refractivity contribution in [3.8, 4) is 11.5 Å². The van der Waals surface area contributed by atoms with Gasteiger partial charge in [0.2, 0.25) is 11.0 Å². The van der Waals surface area contributed by atoms with Crippen LogP contribution in [0.1, 0.15) is 32.3 Å². The molecule has 3 aromatic heterocycles. The summed E-state index contributed by atoms with van der Waals surface area (Å²) >= 11 is 1.23. The normalized spacial score (nSPS) is 10.8. The van der Waals surface area contributed by atoms with E-state index in [4.69, 9.17) is 0 Å². The van der Waals surface area contributed by atoms with Crippen LogP contribution in [0.15, 0.2) is 36.7 Å². The molecule has 0 aliphatic heterocycles. The van der Waals surface area contributed by atoms with Crippen LogP contribution in [0.2, 0.25) is 0 Å². The third-order valence-corrected chi connectivity index (χ3v) is 4.58. The van der Waals surface area contributed by atoms with Crippen LogP contribution in [0.25, 0.3) is 11.5 Å². The van der Waals surface area contributed by atoms with Gasteiger partial charge in [-0.3, -0.25) is 9.78 Å². The standard InChI is InChI=1S/C18H20N6OS/c1-11(2)13-7-9-19-14(10-13)16-21-18(26-23-16)22-17-15(6-5-8-20-17)24(4)12(3)25/h5-11H,1-4H3,(H,20,21,22,23). The molecule has 7 nitrogen and oxygen atoms in total. The molecule has 3 heterocycles. The highest BCUT2D eigenvalue weighted by Gasteiger charge is 2.15. The van der Waals surface area contributed by atoms with E-state index in [9.17, 15) is 4.79 Å². The highest BCUT2D eigenvalue weighted by molar-refractivity contribution is 7.09. The van der Waals surface area contributed by atoms with Gasteiger partial charge in [0, 0.05) is 37.9 Å². The van der Waals surface area contributed by atoms with Crippen molar-refractivity contribution in [1.82, 2.24) is 19.3 Å². The lowest BCUT2D eigenvalue weighted by Crippen LogP contribution is -2.23. The Morgan fingerprint density at radius 3 is 2.77 bits per heavy atom. The first-order chi connectivity index (χ1) is 12.5. The zero-order chi connectivity index (χ0) is 18.7. The van der Waals surface area contributed by atoms with Gasteiger partial charge in [-0.15, -0.1) is 0 Å². The molecule has 0 aliphatic rings. The zero-order valence-electron chi connectivity index (χ0n) is 15.1. The maximum Gasteiger partial charge on any atom is 0.223 e. The number of rotatable bonds is 5. The number of pyridine rings is 2. The highest BCUT2D eigenvalue weighted by atomic mass is 32.1. The van der Waals surface area contributed by atoms with Crippen LogP contribution in [0.4, 0.5) is 16.6 Å². The molecule has 0 radical (unpaired) electrons. The molecule has 26 heavy (non-hydrogen) atoms. The SMILES string of the molecule is CC(=O)N(C)c1cccnc1Nc1nc(-c2cc(C(C)C)ccn2)ns1. The predicted molar refractivity (Wildman–Crippen MR) is 104 cm³/mol. The van der Waals surface area contributed by atoms with Crippen LogP contribution in [0.5, 0.6) is 0 Å². The summed E-state index contributed by atoms with van der Waals surface area (Å²) in [7, 11) is 1.71. The molecule has 0 atom stereocenters. The molecular formula is C18H20N6OS. The molecule has 1 amide bonds. The number of nitrogens with zero attached hydrogens (tertiary/aromatic N) is 5. The van der Waals surface area contributed by atoms with Gasteiger partial charge >= 0.3 is 0 Å². The Bertz CT molecular complexity index is 923. The molecule has 0 fully saturated rings. The molecule has 1 N–H and O–H groups in total. The van der Waals surface area contributed by atoms with Gasteiger partial charge in [-0.05, 0) is 35.7 Å². The first-order valence-electron chi connectivity index (χ1n) is 8.22. The van der Waals surface area contributed by atoms with Crippen molar-refractivity contribution in [2.24, 2.45) is 0 Å². The van der Waals surface area contributed by atoms with Gasteiger partial charge in [-0.25, -0.2) is 4.98 Å². The lowest BCUT2D eigenvalue weighted by atomic mass is 10.0. The van der Waals surface area contributed by atoms with E-state index < -0.39 is 0 Å². The van der Waals surface area contributed by atoms with Crippen LogP contribution in [-0.2, 0) is 4.79 Å². The number of hydrogen-bond acceptors (Lipinski definition) is 7. The summed E-state index contributed by atoms with van der Waals surface area (Å²) in [5.74, 6) is 1.45. The predicted octanol–water partition coefficient (Wildman–Crippen LogP) is 3.84. The van der Waals surface area contributed by atoms with Crippen molar-refractivity contribution >= 4 is 34.1 Å². The fraction of sp³-hybridized carbons (Fsp3) is 0.278. The number of aromatic nitrogens is 4. The Morgan fingerprint density at radius 2 is 2.04 bits per heavy atom. The van der Waals surface area contributed by atoms with E-state index in [0.717, 1.165) is 5.69 Å². The van der Waals surface area contributed by atoms with Crippen molar-refractivity contribution < 1.29 is 4.79 Å². The highest BCUT2D eigenvalue weighted by Crippen LogP contribution is 2.28. The molecule has 0 saturated carbocycles. The molecule has 8 heteroatoms. The topological polar surface area (TPSA) is 83.9 Å². The third-order valence-electron chi connectivity index (χ3n) is 3.95. The number of anilines is 3. The fourth-order valence-electron chi connectivity index (χ4n) is 2.34. The summed E-state index contributed by atoms with van der Waals surface area (Å²) in [6.45, 7) is 5.77. The van der Waals surface area contributed by atoms with E-state index in [0.29, 0.717) is 28.4 Å². The largest absolute Gasteiger partial charge is 0.313 e. The van der Waals surface area contributed by atoms with Gasteiger partial charge in [0.15, 0.2) is 11.6 Å². The van der Waals surface area contributed by atoms with Crippen molar-refractivity contribution in [1.29, 1.82) is 0 Å². The summed E-state index contributed by atoms with van der Waals surface area (Å²) in [4.78, 5) is 26.4. The van der Waals surface area contributed by atoms with Crippen LogP contribution in [0, 0.1) is 0 Å². The molecular weight excluding hydrogens is 348 g/mol. The number of carbonyl (C=O) groups is 1. The summed E-state index contributed by atoms with van der Waals surface area (Å²) in [5.41, 5.74) is 2.61. The molecule has 0 aliphatic carbocycles. The molecule has 0 saturated heterocycles. The Morgan fingerprint density at radius 1 is 1.23 bits per heavy atom. The minimum atomic E-state index is -0.0753. The van der Waals surface area contributed by atoms with Crippen molar-refractivity contribution in [3.05, 3.63) is 42.2 Å². The maximum absolute atomic E-state index is 11.7. The number of amides is 1. The first kappa shape index (κ1) is 17.9. The van der Waals surface area contributed by atoms with Crippen molar-refractivity contribution in [3.63, 3.8) is 0 Å². The minimum Gasteiger partial charge on any atom is -0.313 e. The lowest BCUT2D eigenvalue weighted by Gasteiger charge is -2.17. The molecule has 3 aromatic rings. The van der Waals surface area contributed by atoms with E-state index in [1.807, 2.05) is 18.2 Å². The quantitative estimate of drug-likeness (QED) is 0.736. The first-order valence-corrected chi connectivity index (χ1v) is 8.99. The van der Waals surface area contributed by atoms with Crippen molar-refractivity contribution in [2.75, 3.05) is 17.3 Å². The smallest absolute Gasteiger partial charge is 0.223 e. The summed E-state index contributed by atoms with van der Waals surface area (Å²) < 4.78 is 4.39. The van der Waals surface area contributed by atoms with Crippen LogP contribution >= 0.6 is 11.5 Å². The average Bonchev–Trinajstić information content (AvgIpc) is 3.10. The molecule has 3 rings (SSSR count). The Kier molecular flexibility index (Phi) is 5.22. The second-order valence-electron chi connectivity index (χ2n) is 6.13. The van der Waals surface area contributed by atoms with Gasteiger partial charge in [-0.2, -0.15) is 9.36 Å². The average molecular weight is 368 g/mol. The Hall–Kier alpha value is -2.87. The third kappa shape index (κ3) is 3.85. The van der Waals surface area contributed by atoms with Gasteiger partial charge in [-0.1, -0.05) is 13.8 Å². The summed E-state index contributed by atoms with van der Waals surface area (Å²) in [5, 5.41) is 3.74. The van der Waals surface area contributed by atoms with Gasteiger partial charge in [0.05, 0.1) is 5.69 Å². The van der Waals surface area contributed by atoms with Gasteiger partial charge in [0.25, 0.3) is 0 Å². The van der Waals surface area contributed by atoms with Gasteiger partial charge in [0.1, 0.15) is 5.69 Å². The van der Waals surface area contributed by atoms with Crippen LogP contribution in [-0.4, -0.2) is 32.3 Å². The molecule has 134 valence electrons. The second kappa shape index (κ2) is 7.57. The zero-order valence-corrected chi connectivity index (χ0v) is 15.9. The molecule has 0 unspecified atom stereocenters. The van der Waals surface area contributed by atoms with Crippen LogP contribution < -0.4 is 10.2 Å². The molecule has 0 bridgehead atoms. The Balaban J connectivity index is 1.86. The summed E-state index contributed by atoms with van der Waals surface area (Å²) in [6, 6.07) is 7.61. The van der Waals surface area contributed by atoms with E-state index in [2.05, 4.69) is 38.5 Å². The number of nitrogens with one attached hydrogen (secondary N) is 1.